The van der Waals surface area contributed by atoms with Crippen LogP contribution in [-0.2, 0) is 46.9 Å². The Labute approximate surface area is 315 Å². The standard InChI is InChI=1S/C37H33F7N8O3S/c1-35(2,45)11-10-21-8-9-22(23-6-5-7-24-31(23)51(3)49-34(24)50-56(4,54)55)30(46-21)27(14-18-12-19(38)15-20(39)13-18)47-28(53)17-52-33-29(32(48-52)37(42,43)44)25-16-26(25)36(33,40)41/h5-9,12-13,15,25-27H,14,16-17,45H2,1-4H3,(H,47,53)(H,49,50)/t25-,26+,27-/m0/s1. The molecule has 5 aromatic rings. The molecule has 3 aromatic heterocycles. The number of anilines is 1. The van der Waals surface area contributed by atoms with Gasteiger partial charge in [-0.15, -0.1) is 0 Å². The van der Waals surface area contributed by atoms with Crippen LogP contribution in [0.3, 0.4) is 0 Å². The lowest BCUT2D eigenvalue weighted by atomic mass is 9.93. The smallest absolute Gasteiger partial charge is 0.346 e. The number of alkyl halides is 5. The van der Waals surface area contributed by atoms with Gasteiger partial charge < -0.3 is 11.1 Å². The molecule has 19 heteroatoms. The first-order valence-electron chi connectivity index (χ1n) is 17.1. The van der Waals surface area contributed by atoms with E-state index >= 15 is 8.78 Å². The highest BCUT2D eigenvalue weighted by atomic mass is 32.2. The van der Waals surface area contributed by atoms with Crippen LogP contribution in [0.2, 0.25) is 0 Å². The number of sulfonamides is 1. The van der Waals surface area contributed by atoms with E-state index in [1.807, 2.05) is 0 Å². The Hall–Kier alpha value is -5.48. The van der Waals surface area contributed by atoms with Gasteiger partial charge in [-0.2, -0.15) is 32.1 Å². The molecule has 2 aliphatic rings. The van der Waals surface area contributed by atoms with Crippen LogP contribution in [0.1, 0.15) is 66.1 Å². The fraction of sp³-hybridized carbons (Fsp3) is 0.351. The summed E-state index contributed by atoms with van der Waals surface area (Å²) in [5, 5.41) is 10.8. The predicted molar refractivity (Wildman–Crippen MR) is 190 cm³/mol. The largest absolute Gasteiger partial charge is 0.435 e. The minimum atomic E-state index is -5.06. The highest BCUT2D eigenvalue weighted by Gasteiger charge is 2.68. The summed E-state index contributed by atoms with van der Waals surface area (Å²) in [5.74, 6) is -3.28. The number of rotatable bonds is 9. The number of halogens is 7. The fourth-order valence-electron chi connectivity index (χ4n) is 7.22. The van der Waals surface area contributed by atoms with Crippen LogP contribution in [0, 0.1) is 29.4 Å². The van der Waals surface area contributed by atoms with Gasteiger partial charge in [0.15, 0.2) is 11.5 Å². The van der Waals surface area contributed by atoms with E-state index in [2.05, 4.69) is 32.1 Å². The van der Waals surface area contributed by atoms with Gasteiger partial charge in [-0.1, -0.05) is 18.1 Å². The zero-order valence-corrected chi connectivity index (χ0v) is 30.9. The predicted octanol–water partition coefficient (Wildman–Crippen LogP) is 5.90. The molecule has 1 saturated carbocycles. The Bertz CT molecular complexity index is 2580. The molecule has 3 heterocycles. The van der Waals surface area contributed by atoms with Crippen LogP contribution in [0.15, 0.2) is 48.5 Å². The Morgan fingerprint density at radius 1 is 1.07 bits per heavy atom. The van der Waals surface area contributed by atoms with Crippen molar-refractivity contribution >= 4 is 32.7 Å². The van der Waals surface area contributed by atoms with E-state index in [1.54, 1.807) is 51.2 Å². The third-order valence-electron chi connectivity index (χ3n) is 9.40. The molecule has 4 N–H and O–H groups in total. The number of nitrogens with zero attached hydrogens (tertiary/aromatic N) is 5. The molecular weight excluding hydrogens is 770 g/mol. The second-order valence-corrected chi connectivity index (χ2v) is 16.3. The molecule has 2 aromatic carbocycles. The Balaban J connectivity index is 1.38. The number of aryl methyl sites for hydroxylation is 1. The summed E-state index contributed by atoms with van der Waals surface area (Å²) in [6.07, 6.45) is -4.61. The minimum Gasteiger partial charge on any atom is -0.346 e. The molecule has 56 heavy (non-hydrogen) atoms. The summed E-state index contributed by atoms with van der Waals surface area (Å²) < 4.78 is 130. The summed E-state index contributed by atoms with van der Waals surface area (Å²) in [4.78, 5) is 18.6. The number of hydrogen-bond donors (Lipinski definition) is 3. The van der Waals surface area contributed by atoms with Crippen LogP contribution < -0.4 is 15.8 Å². The van der Waals surface area contributed by atoms with Gasteiger partial charge in [-0.05, 0) is 74.4 Å². The topological polar surface area (TPSA) is 150 Å². The third-order valence-corrected chi connectivity index (χ3v) is 9.96. The lowest BCUT2D eigenvalue weighted by Crippen LogP contribution is -2.35. The molecule has 0 bridgehead atoms. The molecule has 1 fully saturated rings. The lowest BCUT2D eigenvalue weighted by molar-refractivity contribution is -0.142. The minimum absolute atomic E-state index is 0.00790. The Morgan fingerprint density at radius 3 is 2.41 bits per heavy atom. The van der Waals surface area contributed by atoms with E-state index in [1.165, 1.54) is 4.68 Å². The van der Waals surface area contributed by atoms with E-state index in [4.69, 9.17) is 10.7 Å². The monoisotopic (exact) mass is 802 g/mol. The summed E-state index contributed by atoms with van der Waals surface area (Å²) in [7, 11) is -2.21. The normalized spacial score (nSPS) is 17.9. The molecule has 0 radical (unpaired) electrons. The van der Waals surface area contributed by atoms with E-state index in [0.717, 1.165) is 18.4 Å². The van der Waals surface area contributed by atoms with Crippen molar-refractivity contribution in [2.45, 2.75) is 62.8 Å². The maximum atomic E-state index is 15.4. The number of para-hydroxylation sites is 1. The molecule has 3 atom stereocenters. The Kier molecular flexibility index (Phi) is 9.23. The van der Waals surface area contributed by atoms with Crippen molar-refractivity contribution in [1.29, 1.82) is 0 Å². The second-order valence-electron chi connectivity index (χ2n) is 14.6. The first-order chi connectivity index (χ1) is 26.0. The van der Waals surface area contributed by atoms with E-state index in [-0.39, 0.29) is 35.6 Å². The number of pyridine rings is 1. The number of hydrogen-bond acceptors (Lipinski definition) is 7. The number of carbonyl (C=O) groups excluding carboxylic acids is 1. The number of aromatic nitrogens is 5. The fourth-order valence-corrected chi connectivity index (χ4v) is 7.72. The third kappa shape index (κ3) is 7.54. The average Bonchev–Trinajstić information content (AvgIpc) is 3.61. The van der Waals surface area contributed by atoms with Crippen molar-refractivity contribution in [2.24, 2.45) is 18.7 Å². The number of amides is 1. The molecule has 294 valence electrons. The van der Waals surface area contributed by atoms with Gasteiger partial charge in [-0.25, -0.2) is 22.2 Å². The van der Waals surface area contributed by atoms with Crippen molar-refractivity contribution in [3.8, 4) is 23.0 Å². The molecule has 0 aliphatic heterocycles. The van der Waals surface area contributed by atoms with Crippen LogP contribution in [0.4, 0.5) is 36.6 Å². The molecule has 7 rings (SSSR count). The Morgan fingerprint density at radius 2 is 1.77 bits per heavy atom. The average molecular weight is 803 g/mol. The van der Waals surface area contributed by atoms with Gasteiger partial charge in [0.1, 0.15) is 29.6 Å². The maximum absolute atomic E-state index is 15.4. The summed E-state index contributed by atoms with van der Waals surface area (Å²) in [5.41, 5.74) is 3.34. The van der Waals surface area contributed by atoms with E-state index in [9.17, 15) is 35.2 Å². The summed E-state index contributed by atoms with van der Waals surface area (Å²) >= 11 is 0. The van der Waals surface area contributed by atoms with Gasteiger partial charge in [0, 0.05) is 41.1 Å². The summed E-state index contributed by atoms with van der Waals surface area (Å²) in [6, 6.07) is 9.34. The SMILES string of the molecule is Cn1nc(NS(C)(=O)=O)c2cccc(-c3ccc(C#CC(C)(C)N)nc3[C@H](Cc3cc(F)cc(F)c3)NC(=O)Cn3nc(C(F)(F)F)c4c3C(F)(F)[C@@H]3C[C@H]43)c21. The number of fused-ring (bicyclic) bond motifs is 4. The molecule has 11 nitrogen and oxygen atoms in total. The van der Waals surface area contributed by atoms with Crippen molar-refractivity contribution in [3.05, 3.63) is 94.1 Å². The van der Waals surface area contributed by atoms with E-state index < -0.39 is 86.6 Å². The lowest BCUT2D eigenvalue weighted by Gasteiger charge is -2.23. The number of carbonyl (C=O) groups is 1. The maximum Gasteiger partial charge on any atom is 0.435 e. The first-order valence-corrected chi connectivity index (χ1v) is 19.0. The van der Waals surface area contributed by atoms with Crippen molar-refractivity contribution < 1.29 is 43.9 Å². The highest BCUT2D eigenvalue weighted by molar-refractivity contribution is 7.92. The van der Waals surface area contributed by atoms with Gasteiger partial charge in [-0.3, -0.25) is 18.9 Å². The second kappa shape index (κ2) is 13.3. The van der Waals surface area contributed by atoms with Gasteiger partial charge >= 0.3 is 6.18 Å². The van der Waals surface area contributed by atoms with Gasteiger partial charge in [0.05, 0.1) is 29.0 Å². The number of nitrogens with two attached hydrogens (primary N) is 1. The first kappa shape index (κ1) is 38.8. The van der Waals surface area contributed by atoms with Gasteiger partial charge in [0.2, 0.25) is 15.9 Å². The molecule has 2 aliphatic carbocycles. The van der Waals surface area contributed by atoms with Gasteiger partial charge in [0.25, 0.3) is 5.92 Å². The van der Waals surface area contributed by atoms with Crippen LogP contribution >= 0.6 is 0 Å². The number of nitrogens with one attached hydrogen (secondary N) is 2. The van der Waals surface area contributed by atoms with Crippen LogP contribution in [-0.4, -0.2) is 50.7 Å². The zero-order chi connectivity index (χ0) is 40.7. The van der Waals surface area contributed by atoms with Crippen molar-refractivity contribution in [2.75, 3.05) is 11.0 Å². The molecular formula is C37H33F7N8O3S. The van der Waals surface area contributed by atoms with E-state index in [0.29, 0.717) is 32.8 Å². The van der Waals surface area contributed by atoms with Crippen LogP contribution in [0.5, 0.6) is 0 Å². The summed E-state index contributed by atoms with van der Waals surface area (Å²) in [6.45, 7) is 2.23. The quantitative estimate of drug-likeness (QED) is 0.124. The molecule has 1 amide bonds. The number of benzene rings is 2. The molecule has 0 unspecified atom stereocenters. The molecule has 0 saturated heterocycles. The zero-order valence-electron chi connectivity index (χ0n) is 30.1. The van der Waals surface area contributed by atoms with Crippen molar-refractivity contribution in [1.82, 2.24) is 29.9 Å². The highest BCUT2D eigenvalue weighted by Crippen LogP contribution is 2.68. The van der Waals surface area contributed by atoms with Crippen LogP contribution in [0.25, 0.3) is 22.0 Å². The van der Waals surface area contributed by atoms with Crippen molar-refractivity contribution in [3.63, 3.8) is 0 Å². The molecule has 0 spiro atoms.